The highest BCUT2D eigenvalue weighted by molar-refractivity contribution is 5.48. The fraction of sp³-hybridized carbons (Fsp3) is 0.538. The van der Waals surface area contributed by atoms with Gasteiger partial charge in [-0.1, -0.05) is 163 Å². The Bertz CT molecular complexity index is 1030. The van der Waals surface area contributed by atoms with Gasteiger partial charge in [-0.05, 0) is 35.2 Å². The van der Waals surface area contributed by atoms with E-state index >= 15 is 0 Å². The lowest BCUT2D eigenvalue weighted by atomic mass is 9.80. The van der Waals surface area contributed by atoms with Crippen LogP contribution in [0.3, 0.4) is 0 Å². The molecule has 0 saturated heterocycles. The largest absolute Gasteiger partial charge is 0.497 e. The molecule has 0 spiro atoms. The van der Waals surface area contributed by atoms with Gasteiger partial charge in [-0.3, -0.25) is 0 Å². The molecule has 4 nitrogen and oxygen atoms in total. The van der Waals surface area contributed by atoms with E-state index in [1.54, 1.807) is 7.11 Å². The van der Waals surface area contributed by atoms with Crippen LogP contribution in [0.4, 0.5) is 0 Å². The van der Waals surface area contributed by atoms with E-state index in [0.29, 0.717) is 6.61 Å². The lowest BCUT2D eigenvalue weighted by Crippen LogP contribution is -2.36. The molecule has 0 saturated carbocycles. The lowest BCUT2D eigenvalue weighted by molar-refractivity contribution is -0.0641. The van der Waals surface area contributed by atoms with Crippen molar-refractivity contribution in [3.8, 4) is 5.75 Å². The number of rotatable bonds is 24. The predicted molar refractivity (Wildman–Crippen MR) is 179 cm³/mol. The first-order valence-corrected chi connectivity index (χ1v) is 16.9. The van der Waals surface area contributed by atoms with Crippen LogP contribution in [0.15, 0.2) is 84.9 Å². The fourth-order valence-electron chi connectivity index (χ4n) is 5.81. The van der Waals surface area contributed by atoms with Crippen molar-refractivity contribution in [1.29, 1.82) is 0 Å². The molecule has 0 bridgehead atoms. The average molecular weight is 589 g/mol. The van der Waals surface area contributed by atoms with Gasteiger partial charge in [-0.15, -0.1) is 0 Å². The molecular weight excluding hydrogens is 532 g/mol. The van der Waals surface area contributed by atoms with E-state index in [-0.39, 0.29) is 13.2 Å². The maximum atomic E-state index is 10.9. The molecule has 4 heteroatoms. The van der Waals surface area contributed by atoms with E-state index in [1.807, 2.05) is 60.7 Å². The SMILES string of the molecule is CCCCCCCCCCCCCCCCOCC(O)COC(c1ccccc1)(c1ccccc1)c1ccc(OC)cc1. The maximum Gasteiger partial charge on any atom is 0.143 e. The summed E-state index contributed by atoms with van der Waals surface area (Å²) in [5, 5.41) is 10.9. The predicted octanol–water partition coefficient (Wildman–Crippen LogP) is 9.86. The maximum absolute atomic E-state index is 10.9. The van der Waals surface area contributed by atoms with Crippen LogP contribution < -0.4 is 4.74 Å². The normalized spacial score (nSPS) is 12.3. The molecule has 1 unspecified atom stereocenters. The first-order valence-electron chi connectivity index (χ1n) is 16.9. The van der Waals surface area contributed by atoms with E-state index < -0.39 is 11.7 Å². The minimum Gasteiger partial charge on any atom is -0.497 e. The number of unbranched alkanes of at least 4 members (excludes halogenated alkanes) is 13. The zero-order valence-corrected chi connectivity index (χ0v) is 26.9. The standard InChI is InChI=1S/C39H56O4/c1-3-4-5-6-7-8-9-10-11-12-13-14-15-22-31-42-32-37(40)33-43-39(34-23-18-16-19-24-34,35-25-20-17-21-26-35)36-27-29-38(41-2)30-28-36/h16-21,23-30,37,40H,3-15,22,31-33H2,1-2H3. The molecule has 0 radical (unpaired) electrons. The summed E-state index contributed by atoms with van der Waals surface area (Å²) in [7, 11) is 1.67. The van der Waals surface area contributed by atoms with Gasteiger partial charge in [0.2, 0.25) is 0 Å². The molecule has 0 aliphatic rings. The molecule has 1 atom stereocenters. The molecular formula is C39H56O4. The molecule has 0 aromatic heterocycles. The third kappa shape index (κ3) is 12.1. The Kier molecular flexibility index (Phi) is 17.1. The molecule has 43 heavy (non-hydrogen) atoms. The molecule has 3 aromatic carbocycles. The third-order valence-corrected chi connectivity index (χ3v) is 8.30. The summed E-state index contributed by atoms with van der Waals surface area (Å²) in [6, 6.07) is 28.4. The minimum atomic E-state index is -0.885. The number of benzene rings is 3. The van der Waals surface area contributed by atoms with Crippen molar-refractivity contribution in [2.24, 2.45) is 0 Å². The van der Waals surface area contributed by atoms with Gasteiger partial charge in [-0.25, -0.2) is 0 Å². The first kappa shape index (κ1) is 34.8. The summed E-state index contributed by atoms with van der Waals surface area (Å²) in [6.07, 6.45) is 18.0. The monoisotopic (exact) mass is 588 g/mol. The Labute approximate surface area is 261 Å². The van der Waals surface area contributed by atoms with Gasteiger partial charge in [0.05, 0.1) is 20.3 Å². The second-order valence-electron chi connectivity index (χ2n) is 11.8. The van der Waals surface area contributed by atoms with Gasteiger partial charge < -0.3 is 19.3 Å². The van der Waals surface area contributed by atoms with Crippen molar-refractivity contribution in [2.75, 3.05) is 26.9 Å². The summed E-state index contributed by atoms with van der Waals surface area (Å²) in [6.45, 7) is 3.37. The van der Waals surface area contributed by atoms with E-state index in [1.165, 1.54) is 83.5 Å². The number of ether oxygens (including phenoxy) is 3. The zero-order chi connectivity index (χ0) is 30.4. The summed E-state index contributed by atoms with van der Waals surface area (Å²) in [5.41, 5.74) is 2.09. The molecule has 236 valence electrons. The molecule has 0 aliphatic heterocycles. The third-order valence-electron chi connectivity index (χ3n) is 8.30. The number of methoxy groups -OCH3 is 1. The van der Waals surface area contributed by atoms with Gasteiger partial charge in [0.25, 0.3) is 0 Å². The molecule has 0 aliphatic carbocycles. The summed E-state index contributed by atoms with van der Waals surface area (Å²) >= 11 is 0. The fourth-order valence-corrected chi connectivity index (χ4v) is 5.81. The summed E-state index contributed by atoms with van der Waals surface area (Å²) in [4.78, 5) is 0. The van der Waals surface area contributed by atoms with Crippen molar-refractivity contribution >= 4 is 0 Å². The van der Waals surface area contributed by atoms with E-state index in [2.05, 4.69) is 31.2 Å². The van der Waals surface area contributed by atoms with Crippen LogP contribution in [0.5, 0.6) is 5.75 Å². The number of aliphatic hydroxyl groups is 1. The first-order chi connectivity index (χ1) is 21.2. The highest BCUT2D eigenvalue weighted by atomic mass is 16.5. The van der Waals surface area contributed by atoms with Crippen LogP contribution in [-0.2, 0) is 15.1 Å². The lowest BCUT2D eigenvalue weighted by Gasteiger charge is -2.36. The topological polar surface area (TPSA) is 47.9 Å². The van der Waals surface area contributed by atoms with Crippen LogP contribution in [0.1, 0.15) is 114 Å². The highest BCUT2D eigenvalue weighted by Gasteiger charge is 2.38. The van der Waals surface area contributed by atoms with Gasteiger partial charge in [0, 0.05) is 6.61 Å². The Hall–Kier alpha value is -2.66. The Morgan fingerprint density at radius 1 is 0.558 bits per heavy atom. The molecule has 3 rings (SSSR count). The highest BCUT2D eigenvalue weighted by Crippen LogP contribution is 2.41. The average Bonchev–Trinajstić information content (AvgIpc) is 3.06. The second-order valence-corrected chi connectivity index (χ2v) is 11.8. The van der Waals surface area contributed by atoms with E-state index in [9.17, 15) is 5.11 Å². The van der Waals surface area contributed by atoms with Crippen molar-refractivity contribution in [1.82, 2.24) is 0 Å². The van der Waals surface area contributed by atoms with Gasteiger partial charge in [0.15, 0.2) is 0 Å². The van der Waals surface area contributed by atoms with Crippen LogP contribution in [0.2, 0.25) is 0 Å². The van der Waals surface area contributed by atoms with Crippen molar-refractivity contribution in [3.63, 3.8) is 0 Å². The molecule has 0 heterocycles. The Morgan fingerprint density at radius 3 is 1.47 bits per heavy atom. The Morgan fingerprint density at radius 2 is 1.00 bits per heavy atom. The Balaban J connectivity index is 1.41. The van der Waals surface area contributed by atoms with Crippen molar-refractivity contribution in [3.05, 3.63) is 102 Å². The molecule has 0 fully saturated rings. The molecule has 1 N–H and O–H groups in total. The zero-order valence-electron chi connectivity index (χ0n) is 26.9. The van der Waals surface area contributed by atoms with Gasteiger partial charge >= 0.3 is 0 Å². The van der Waals surface area contributed by atoms with Crippen LogP contribution in [0.25, 0.3) is 0 Å². The number of hydrogen-bond acceptors (Lipinski definition) is 4. The minimum absolute atomic E-state index is 0.147. The second kappa shape index (κ2) is 21.1. The van der Waals surface area contributed by atoms with Crippen molar-refractivity contribution in [2.45, 2.75) is 109 Å². The van der Waals surface area contributed by atoms with E-state index in [0.717, 1.165) is 28.9 Å². The van der Waals surface area contributed by atoms with Crippen LogP contribution >= 0.6 is 0 Å². The molecule has 3 aromatic rings. The smallest absolute Gasteiger partial charge is 0.143 e. The number of aliphatic hydroxyl groups excluding tert-OH is 1. The van der Waals surface area contributed by atoms with Crippen LogP contribution in [-0.4, -0.2) is 38.1 Å². The summed E-state index contributed by atoms with van der Waals surface area (Å²) in [5.74, 6) is 0.788. The number of hydrogen-bond donors (Lipinski definition) is 1. The van der Waals surface area contributed by atoms with E-state index in [4.69, 9.17) is 14.2 Å². The van der Waals surface area contributed by atoms with Gasteiger partial charge in [0.1, 0.15) is 17.5 Å². The van der Waals surface area contributed by atoms with Crippen LogP contribution in [0, 0.1) is 0 Å². The quantitative estimate of drug-likeness (QED) is 0.0836. The van der Waals surface area contributed by atoms with Crippen molar-refractivity contribution < 1.29 is 19.3 Å². The molecule has 0 amide bonds. The van der Waals surface area contributed by atoms with Gasteiger partial charge in [-0.2, -0.15) is 0 Å². The summed E-state index contributed by atoms with van der Waals surface area (Å²) < 4.78 is 18.0.